The van der Waals surface area contributed by atoms with Crippen molar-refractivity contribution in [3.63, 3.8) is 0 Å². The molecule has 0 saturated carbocycles. The Morgan fingerprint density at radius 3 is 0.981 bits per heavy atom. The lowest BCUT2D eigenvalue weighted by Crippen LogP contribution is -2.30. The second kappa shape index (κ2) is 38.7. The first-order chi connectivity index (χ1) is 25.6. The molecule has 6 nitrogen and oxygen atoms in total. The summed E-state index contributed by atoms with van der Waals surface area (Å²) in [7, 11) is 0. The maximum Gasteiger partial charge on any atom is 0.306 e. The van der Waals surface area contributed by atoms with Gasteiger partial charge in [0.15, 0.2) is 6.10 Å². The molecule has 0 fully saturated rings. The number of unbranched alkanes of at least 4 members (excludes halogenated alkanes) is 22. The van der Waals surface area contributed by atoms with Crippen LogP contribution in [0.25, 0.3) is 0 Å². The summed E-state index contributed by atoms with van der Waals surface area (Å²) in [5.41, 5.74) is 0. The fourth-order valence-corrected chi connectivity index (χ4v) is 6.85. The van der Waals surface area contributed by atoms with Crippen molar-refractivity contribution < 1.29 is 28.6 Å². The summed E-state index contributed by atoms with van der Waals surface area (Å²) in [6, 6.07) is 0. The summed E-state index contributed by atoms with van der Waals surface area (Å²) < 4.78 is 16.7. The monoisotopic (exact) mass is 751 g/mol. The summed E-state index contributed by atoms with van der Waals surface area (Å²) in [6.45, 7) is 13.6. The van der Waals surface area contributed by atoms with Gasteiger partial charge in [0.25, 0.3) is 0 Å². The Morgan fingerprint density at radius 2 is 0.660 bits per heavy atom. The van der Waals surface area contributed by atoms with Gasteiger partial charge in [-0.3, -0.25) is 14.4 Å². The maximum absolute atomic E-state index is 12.7. The molecule has 0 heterocycles. The minimum absolute atomic E-state index is 0.0666. The Bertz CT molecular complexity index is 824. The lowest BCUT2D eigenvalue weighted by atomic mass is 10.00. The highest BCUT2D eigenvalue weighted by Gasteiger charge is 2.19. The van der Waals surface area contributed by atoms with Gasteiger partial charge >= 0.3 is 17.9 Å². The molecule has 0 bridgehead atoms. The third-order valence-corrected chi connectivity index (χ3v) is 10.8. The lowest BCUT2D eigenvalue weighted by molar-refractivity contribution is -0.167. The molecule has 0 amide bonds. The molecule has 0 radical (unpaired) electrons. The van der Waals surface area contributed by atoms with Crippen molar-refractivity contribution in [1.82, 2.24) is 0 Å². The quantitative estimate of drug-likeness (QED) is 0.0352. The van der Waals surface area contributed by atoms with Gasteiger partial charge in [-0.15, -0.1) is 0 Å². The fourth-order valence-electron chi connectivity index (χ4n) is 6.85. The molecular formula is C47H90O6. The molecule has 1 unspecified atom stereocenters. The molecular weight excluding hydrogens is 661 g/mol. The van der Waals surface area contributed by atoms with Crippen LogP contribution in [0.5, 0.6) is 0 Å². The van der Waals surface area contributed by atoms with Gasteiger partial charge < -0.3 is 14.2 Å². The molecule has 0 spiro atoms. The number of ether oxygens (including phenoxy) is 3. The van der Waals surface area contributed by atoms with Crippen LogP contribution in [0.3, 0.4) is 0 Å². The average molecular weight is 751 g/mol. The van der Waals surface area contributed by atoms with Gasteiger partial charge in [-0.25, -0.2) is 0 Å². The highest BCUT2D eigenvalue weighted by molar-refractivity contribution is 5.71. The van der Waals surface area contributed by atoms with Gasteiger partial charge in [-0.1, -0.05) is 208 Å². The van der Waals surface area contributed by atoms with E-state index in [-0.39, 0.29) is 31.1 Å². The third kappa shape index (κ3) is 39.9. The van der Waals surface area contributed by atoms with Crippen LogP contribution in [0.2, 0.25) is 0 Å². The molecule has 0 aromatic rings. The molecule has 53 heavy (non-hydrogen) atoms. The van der Waals surface area contributed by atoms with E-state index in [4.69, 9.17) is 14.2 Å². The van der Waals surface area contributed by atoms with E-state index in [0.717, 1.165) is 75.5 Å². The first-order valence-electron chi connectivity index (χ1n) is 23.1. The Balaban J connectivity index is 4.35. The zero-order valence-corrected chi connectivity index (χ0v) is 36.3. The second-order valence-corrected chi connectivity index (χ2v) is 17.2. The normalized spacial score (nSPS) is 12.7. The molecule has 0 N–H and O–H groups in total. The van der Waals surface area contributed by atoms with Crippen LogP contribution in [-0.2, 0) is 28.6 Å². The first-order valence-corrected chi connectivity index (χ1v) is 23.1. The van der Waals surface area contributed by atoms with Crippen molar-refractivity contribution in [3.05, 3.63) is 0 Å². The number of hydrogen-bond donors (Lipinski definition) is 0. The number of esters is 3. The minimum Gasteiger partial charge on any atom is -0.462 e. The van der Waals surface area contributed by atoms with Crippen molar-refractivity contribution in [3.8, 4) is 0 Å². The van der Waals surface area contributed by atoms with Crippen molar-refractivity contribution in [2.24, 2.45) is 17.8 Å². The van der Waals surface area contributed by atoms with E-state index in [1.807, 2.05) is 0 Å². The molecule has 0 rings (SSSR count). The Labute approximate surface area is 329 Å². The second-order valence-electron chi connectivity index (χ2n) is 17.2. The van der Waals surface area contributed by atoms with Crippen LogP contribution in [0.15, 0.2) is 0 Å². The molecule has 0 aliphatic heterocycles. The van der Waals surface area contributed by atoms with Gasteiger partial charge in [0.05, 0.1) is 0 Å². The summed E-state index contributed by atoms with van der Waals surface area (Å²) in [5, 5.41) is 0. The van der Waals surface area contributed by atoms with Crippen LogP contribution in [-0.4, -0.2) is 37.2 Å². The summed E-state index contributed by atoms with van der Waals surface area (Å²) in [6.07, 6.45) is 35.2. The van der Waals surface area contributed by atoms with Gasteiger partial charge in [0.1, 0.15) is 13.2 Å². The van der Waals surface area contributed by atoms with Gasteiger partial charge in [-0.2, -0.15) is 0 Å². The molecule has 0 aliphatic rings. The van der Waals surface area contributed by atoms with E-state index < -0.39 is 6.10 Å². The molecule has 0 saturated heterocycles. The highest BCUT2D eigenvalue weighted by Crippen LogP contribution is 2.17. The van der Waals surface area contributed by atoms with Crippen molar-refractivity contribution in [2.75, 3.05) is 13.2 Å². The Hall–Kier alpha value is -1.59. The predicted molar refractivity (Wildman–Crippen MR) is 224 cm³/mol. The van der Waals surface area contributed by atoms with Gasteiger partial charge in [-0.05, 0) is 37.0 Å². The van der Waals surface area contributed by atoms with E-state index in [1.54, 1.807) is 0 Å². The SMILES string of the molecule is CCC(C)CCCCCCCCC(=O)OC[C@H](COC(=O)CCCCCCCCCCCCC(C)C)OC(=O)CCCCCCCCCCCC(C)C. The van der Waals surface area contributed by atoms with E-state index in [1.165, 1.54) is 128 Å². The van der Waals surface area contributed by atoms with E-state index in [2.05, 4.69) is 41.5 Å². The molecule has 314 valence electrons. The van der Waals surface area contributed by atoms with Crippen molar-refractivity contribution >= 4 is 17.9 Å². The van der Waals surface area contributed by atoms with Crippen LogP contribution >= 0.6 is 0 Å². The van der Waals surface area contributed by atoms with E-state index in [0.29, 0.717) is 19.3 Å². The molecule has 0 aromatic heterocycles. The maximum atomic E-state index is 12.7. The highest BCUT2D eigenvalue weighted by atomic mass is 16.6. The topological polar surface area (TPSA) is 78.9 Å². The number of hydrogen-bond acceptors (Lipinski definition) is 6. The number of carbonyl (C=O) groups excluding carboxylic acids is 3. The van der Waals surface area contributed by atoms with Gasteiger partial charge in [0.2, 0.25) is 0 Å². The summed E-state index contributed by atoms with van der Waals surface area (Å²) >= 11 is 0. The van der Waals surface area contributed by atoms with E-state index in [9.17, 15) is 14.4 Å². The minimum atomic E-state index is -0.762. The van der Waals surface area contributed by atoms with Crippen LogP contribution in [0, 0.1) is 17.8 Å². The largest absolute Gasteiger partial charge is 0.462 e. The van der Waals surface area contributed by atoms with Crippen molar-refractivity contribution in [2.45, 2.75) is 253 Å². The van der Waals surface area contributed by atoms with Crippen molar-refractivity contribution in [1.29, 1.82) is 0 Å². The third-order valence-electron chi connectivity index (χ3n) is 10.8. The fraction of sp³-hybridized carbons (Fsp3) is 0.936. The van der Waals surface area contributed by atoms with Crippen LogP contribution in [0.1, 0.15) is 247 Å². The van der Waals surface area contributed by atoms with Crippen LogP contribution in [0.4, 0.5) is 0 Å². The zero-order valence-electron chi connectivity index (χ0n) is 36.3. The Kier molecular flexibility index (Phi) is 37.5. The van der Waals surface area contributed by atoms with Gasteiger partial charge in [0, 0.05) is 19.3 Å². The molecule has 0 aromatic carbocycles. The number of rotatable bonds is 40. The predicted octanol–water partition coefficient (Wildman–Crippen LogP) is 14.4. The van der Waals surface area contributed by atoms with E-state index >= 15 is 0 Å². The average Bonchev–Trinajstić information content (AvgIpc) is 3.12. The molecule has 0 aliphatic carbocycles. The summed E-state index contributed by atoms with van der Waals surface area (Å²) in [4.78, 5) is 37.7. The smallest absolute Gasteiger partial charge is 0.306 e. The molecule has 6 heteroatoms. The number of carbonyl (C=O) groups is 3. The van der Waals surface area contributed by atoms with Crippen LogP contribution < -0.4 is 0 Å². The standard InChI is InChI=1S/C47H90O6/c1-7-43(6)35-29-23-19-20-25-31-37-46(49)52-40-44(53-47(50)38-32-26-18-14-10-12-16-22-28-34-42(4)5)39-51-45(48)36-30-24-17-13-9-8-11-15-21-27-33-41(2)3/h41-44H,7-40H2,1-6H3/t43?,44-/m0/s1. The molecule has 2 atom stereocenters. The zero-order chi connectivity index (χ0) is 39.2. The lowest BCUT2D eigenvalue weighted by Gasteiger charge is -2.18. The Morgan fingerprint density at radius 1 is 0.377 bits per heavy atom. The first kappa shape index (κ1) is 51.4. The summed E-state index contributed by atoms with van der Waals surface area (Å²) in [5.74, 6) is 1.57.